The van der Waals surface area contributed by atoms with Gasteiger partial charge in [-0.25, -0.2) is 4.79 Å². The molecule has 0 N–H and O–H groups in total. The molecule has 1 heterocycles. The van der Waals surface area contributed by atoms with Crippen molar-refractivity contribution in [3.8, 4) is 0 Å². The fraction of sp³-hybridized carbons (Fsp3) is 0.556. The minimum Gasteiger partial charge on any atom is -0.444 e. The average Bonchev–Trinajstić information content (AvgIpc) is 2.68. The predicted octanol–water partition coefficient (Wildman–Crippen LogP) is 2.76. The van der Waals surface area contributed by atoms with E-state index in [1.54, 1.807) is 20.8 Å². The van der Waals surface area contributed by atoms with Gasteiger partial charge in [-0.3, -0.25) is 9.69 Å². The zero-order chi connectivity index (χ0) is 17.6. The second-order valence-electron chi connectivity index (χ2n) is 6.72. The normalized spacial score (nSPS) is 19.0. The van der Waals surface area contributed by atoms with Crippen LogP contribution in [-0.2, 0) is 25.6 Å². The summed E-state index contributed by atoms with van der Waals surface area (Å²) in [6.45, 7) is 6.20. The first kappa shape index (κ1) is 18.4. The van der Waals surface area contributed by atoms with Crippen molar-refractivity contribution in [2.45, 2.75) is 45.6 Å². The zero-order valence-corrected chi connectivity index (χ0v) is 14.5. The number of hydrogen-bond donors (Lipinski definition) is 0. The van der Waals surface area contributed by atoms with Gasteiger partial charge in [0.1, 0.15) is 5.60 Å². The molecular weight excluding hydrogens is 310 g/mol. The molecule has 0 aliphatic carbocycles. The minimum atomic E-state index is -0.637. The lowest BCUT2D eigenvalue weighted by molar-refractivity contribution is -0.120. The highest BCUT2D eigenvalue weighted by Crippen LogP contribution is 2.16. The van der Waals surface area contributed by atoms with Gasteiger partial charge in [0.2, 0.25) is 0 Å². The molecule has 1 aromatic rings. The smallest absolute Gasteiger partial charge is 0.412 e. The number of nitrogens with zero attached hydrogens (tertiary/aromatic N) is 1. The van der Waals surface area contributed by atoms with Gasteiger partial charge in [0.25, 0.3) is 0 Å². The molecule has 1 aliphatic heterocycles. The molecule has 0 unspecified atom stereocenters. The number of ether oxygens (including phenoxy) is 3. The summed E-state index contributed by atoms with van der Waals surface area (Å²) in [7, 11) is 0. The topological polar surface area (TPSA) is 65.1 Å². The van der Waals surface area contributed by atoms with Crippen molar-refractivity contribution in [1.82, 2.24) is 4.90 Å². The van der Waals surface area contributed by atoms with E-state index in [9.17, 15) is 9.59 Å². The summed E-state index contributed by atoms with van der Waals surface area (Å²) in [5.74, 6) is -0.0496. The van der Waals surface area contributed by atoms with Crippen LogP contribution in [0.4, 0.5) is 4.79 Å². The standard InChI is InChI=1S/C18H25NO5/c1-18(2,3)24-17(21)19-11-15(20)9-10-23-16(19)13-22-12-14-7-5-4-6-8-14/h4-8,16H,9-13H2,1-3H3/t16-/m1/s1. The minimum absolute atomic E-state index is 0.0196. The summed E-state index contributed by atoms with van der Waals surface area (Å²) >= 11 is 0. The van der Waals surface area contributed by atoms with Crippen LogP contribution in [0.3, 0.4) is 0 Å². The highest BCUT2D eigenvalue weighted by molar-refractivity contribution is 5.84. The number of rotatable bonds is 4. The Hall–Kier alpha value is -1.92. The molecule has 0 radical (unpaired) electrons. The fourth-order valence-corrected chi connectivity index (χ4v) is 2.26. The highest BCUT2D eigenvalue weighted by Gasteiger charge is 2.32. The van der Waals surface area contributed by atoms with Crippen LogP contribution >= 0.6 is 0 Å². The van der Waals surface area contributed by atoms with Crippen molar-refractivity contribution in [2.75, 3.05) is 19.8 Å². The average molecular weight is 335 g/mol. The lowest BCUT2D eigenvalue weighted by Gasteiger charge is -2.31. The number of hydrogen-bond acceptors (Lipinski definition) is 5. The van der Waals surface area contributed by atoms with E-state index in [1.807, 2.05) is 30.3 Å². The van der Waals surface area contributed by atoms with Crippen molar-refractivity contribution in [3.05, 3.63) is 35.9 Å². The first-order valence-corrected chi connectivity index (χ1v) is 8.10. The molecule has 1 atom stereocenters. The van der Waals surface area contributed by atoms with Gasteiger partial charge in [0, 0.05) is 6.42 Å². The molecule has 1 amide bonds. The van der Waals surface area contributed by atoms with Gasteiger partial charge in [-0.1, -0.05) is 30.3 Å². The lowest BCUT2D eigenvalue weighted by atomic mass is 10.2. The Morgan fingerprint density at radius 3 is 2.67 bits per heavy atom. The number of amides is 1. The van der Waals surface area contributed by atoms with Crippen LogP contribution in [0.15, 0.2) is 30.3 Å². The number of ketones is 1. The van der Waals surface area contributed by atoms with Crippen LogP contribution in [-0.4, -0.2) is 48.4 Å². The molecule has 6 nitrogen and oxygen atoms in total. The molecule has 1 fully saturated rings. The Labute approximate surface area is 142 Å². The van der Waals surface area contributed by atoms with Gasteiger partial charge < -0.3 is 14.2 Å². The molecule has 2 rings (SSSR count). The maximum absolute atomic E-state index is 12.4. The zero-order valence-electron chi connectivity index (χ0n) is 14.5. The second-order valence-corrected chi connectivity index (χ2v) is 6.72. The van der Waals surface area contributed by atoms with Gasteiger partial charge >= 0.3 is 6.09 Å². The van der Waals surface area contributed by atoms with E-state index in [-0.39, 0.29) is 32.0 Å². The molecule has 0 aromatic heterocycles. The van der Waals surface area contributed by atoms with Crippen LogP contribution in [0.25, 0.3) is 0 Å². The van der Waals surface area contributed by atoms with E-state index < -0.39 is 17.9 Å². The van der Waals surface area contributed by atoms with Gasteiger partial charge in [-0.15, -0.1) is 0 Å². The summed E-state index contributed by atoms with van der Waals surface area (Å²) in [4.78, 5) is 25.5. The van der Waals surface area contributed by atoms with Gasteiger partial charge in [0.15, 0.2) is 12.0 Å². The van der Waals surface area contributed by atoms with Crippen LogP contribution < -0.4 is 0 Å². The first-order chi connectivity index (χ1) is 11.3. The van der Waals surface area contributed by atoms with Gasteiger partial charge in [-0.05, 0) is 26.3 Å². The molecule has 0 bridgehead atoms. The molecule has 1 saturated heterocycles. The molecule has 0 saturated carbocycles. The monoisotopic (exact) mass is 335 g/mol. The van der Waals surface area contributed by atoms with Crippen molar-refractivity contribution < 1.29 is 23.8 Å². The van der Waals surface area contributed by atoms with Crippen LogP contribution in [0, 0.1) is 0 Å². The molecule has 6 heteroatoms. The summed E-state index contributed by atoms with van der Waals surface area (Å²) < 4.78 is 16.7. The van der Waals surface area contributed by atoms with Gasteiger partial charge in [-0.2, -0.15) is 0 Å². The SMILES string of the molecule is CC(C)(C)OC(=O)N1CC(=O)CCO[C@@H]1COCc1ccccc1. The number of Topliss-reactive ketones (excluding diaryl/α,β-unsaturated/α-hetero) is 1. The molecule has 1 aliphatic rings. The fourth-order valence-electron chi connectivity index (χ4n) is 2.26. The van der Waals surface area contributed by atoms with E-state index in [0.717, 1.165) is 5.56 Å². The summed E-state index contributed by atoms with van der Waals surface area (Å²) in [6, 6.07) is 9.74. The maximum Gasteiger partial charge on any atom is 0.412 e. The molecular formula is C18H25NO5. The maximum atomic E-state index is 12.4. The quantitative estimate of drug-likeness (QED) is 0.846. The summed E-state index contributed by atoms with van der Waals surface area (Å²) in [5, 5.41) is 0. The van der Waals surface area contributed by atoms with Crippen LogP contribution in [0.5, 0.6) is 0 Å². The Morgan fingerprint density at radius 2 is 2.00 bits per heavy atom. The van der Waals surface area contributed by atoms with E-state index in [4.69, 9.17) is 14.2 Å². The van der Waals surface area contributed by atoms with Crippen LogP contribution in [0.1, 0.15) is 32.8 Å². The number of carbonyl (C=O) groups excluding carboxylic acids is 2. The number of carbonyl (C=O) groups is 2. The van der Waals surface area contributed by atoms with Crippen molar-refractivity contribution in [2.24, 2.45) is 0 Å². The van der Waals surface area contributed by atoms with Crippen LogP contribution in [0.2, 0.25) is 0 Å². The third-order valence-electron chi connectivity index (χ3n) is 3.39. The van der Waals surface area contributed by atoms with E-state index >= 15 is 0 Å². The first-order valence-electron chi connectivity index (χ1n) is 8.10. The third kappa shape index (κ3) is 5.94. The van der Waals surface area contributed by atoms with Crippen molar-refractivity contribution >= 4 is 11.9 Å². The lowest BCUT2D eigenvalue weighted by Crippen LogP contribution is -2.47. The molecule has 1 aromatic carbocycles. The van der Waals surface area contributed by atoms with Crippen molar-refractivity contribution in [1.29, 1.82) is 0 Å². The molecule has 132 valence electrons. The number of benzene rings is 1. The Morgan fingerprint density at radius 1 is 1.29 bits per heavy atom. The summed E-state index contributed by atoms with van der Waals surface area (Å²) in [5.41, 5.74) is 0.396. The largest absolute Gasteiger partial charge is 0.444 e. The Bertz CT molecular complexity index is 552. The predicted molar refractivity (Wildman–Crippen MR) is 88.4 cm³/mol. The van der Waals surface area contributed by atoms with E-state index in [2.05, 4.69) is 0 Å². The Kier molecular flexibility index (Phi) is 6.34. The molecule has 0 spiro atoms. The van der Waals surface area contributed by atoms with E-state index in [0.29, 0.717) is 6.61 Å². The van der Waals surface area contributed by atoms with E-state index in [1.165, 1.54) is 4.90 Å². The second kappa shape index (κ2) is 8.26. The van der Waals surface area contributed by atoms with Crippen molar-refractivity contribution in [3.63, 3.8) is 0 Å². The van der Waals surface area contributed by atoms with Gasteiger partial charge in [0.05, 0.1) is 26.4 Å². The highest BCUT2D eigenvalue weighted by atomic mass is 16.6. The summed E-state index contributed by atoms with van der Waals surface area (Å²) in [6.07, 6.45) is -0.907. The molecule has 24 heavy (non-hydrogen) atoms. The Balaban J connectivity index is 1.97. The third-order valence-corrected chi connectivity index (χ3v) is 3.39.